The van der Waals surface area contributed by atoms with Crippen molar-refractivity contribution in [3.05, 3.63) is 64.1 Å². The van der Waals surface area contributed by atoms with Crippen molar-refractivity contribution in [2.45, 2.75) is 13.0 Å². The third kappa shape index (κ3) is 3.48. The van der Waals surface area contributed by atoms with Crippen LogP contribution >= 0.6 is 11.6 Å². The summed E-state index contributed by atoms with van der Waals surface area (Å²) in [7, 11) is 1.78. The predicted octanol–water partition coefficient (Wildman–Crippen LogP) is 2.69. The lowest BCUT2D eigenvalue weighted by Crippen LogP contribution is -2.29. The van der Waals surface area contributed by atoms with Gasteiger partial charge in [0.25, 0.3) is 11.8 Å². The lowest BCUT2D eigenvalue weighted by atomic mass is 10.0. The van der Waals surface area contributed by atoms with E-state index < -0.39 is 11.9 Å². The summed E-state index contributed by atoms with van der Waals surface area (Å²) in [6.45, 7) is 1.74. The van der Waals surface area contributed by atoms with Crippen molar-refractivity contribution in [3.63, 3.8) is 0 Å². The second kappa shape index (κ2) is 7.09. The number of hydrogen-bond donors (Lipinski definition) is 2. The van der Waals surface area contributed by atoms with Gasteiger partial charge in [0.1, 0.15) is 11.4 Å². The molecule has 8 heteroatoms. The highest BCUT2D eigenvalue weighted by molar-refractivity contribution is 6.31. The van der Waals surface area contributed by atoms with E-state index in [9.17, 15) is 14.9 Å². The van der Waals surface area contributed by atoms with E-state index in [0.717, 1.165) is 10.9 Å². The Labute approximate surface area is 160 Å². The van der Waals surface area contributed by atoms with Gasteiger partial charge >= 0.3 is 0 Å². The van der Waals surface area contributed by atoms with Crippen LogP contribution in [0.4, 0.5) is 0 Å². The normalized spacial score (nSPS) is 11.8. The van der Waals surface area contributed by atoms with Crippen LogP contribution in [-0.2, 0) is 7.05 Å². The van der Waals surface area contributed by atoms with Crippen LogP contribution in [-0.4, -0.2) is 21.4 Å². The monoisotopic (exact) mass is 381 g/mol. The molecule has 136 valence electrons. The molecule has 2 amide bonds. The number of nitrogens with one attached hydrogen (secondary N) is 1. The van der Waals surface area contributed by atoms with Crippen molar-refractivity contribution in [3.8, 4) is 6.07 Å². The van der Waals surface area contributed by atoms with Crippen molar-refractivity contribution >= 4 is 34.3 Å². The molecular formula is C19H16ClN5O2. The van der Waals surface area contributed by atoms with E-state index in [1.54, 1.807) is 36.7 Å². The maximum Gasteiger partial charge on any atom is 0.268 e. The molecule has 7 nitrogen and oxygen atoms in total. The van der Waals surface area contributed by atoms with Crippen LogP contribution in [0.5, 0.6) is 0 Å². The number of benzene rings is 1. The van der Waals surface area contributed by atoms with Crippen LogP contribution < -0.4 is 11.1 Å². The zero-order valence-corrected chi connectivity index (χ0v) is 15.4. The Kier molecular flexibility index (Phi) is 4.84. The first-order chi connectivity index (χ1) is 12.8. The number of pyridine rings is 1. The summed E-state index contributed by atoms with van der Waals surface area (Å²) >= 11 is 6.03. The Morgan fingerprint density at radius 2 is 2.07 bits per heavy atom. The third-order valence-electron chi connectivity index (χ3n) is 4.36. The van der Waals surface area contributed by atoms with Gasteiger partial charge in [0, 0.05) is 34.7 Å². The number of nitrogens with zero attached hydrogens (tertiary/aromatic N) is 3. The maximum atomic E-state index is 12.7. The summed E-state index contributed by atoms with van der Waals surface area (Å²) in [6.07, 6.45) is 1.38. The van der Waals surface area contributed by atoms with Gasteiger partial charge in [-0.05, 0) is 31.2 Å². The van der Waals surface area contributed by atoms with Crippen LogP contribution in [0.1, 0.15) is 45.1 Å². The third-order valence-corrected chi connectivity index (χ3v) is 4.60. The minimum atomic E-state index is -0.719. The second-order valence-electron chi connectivity index (χ2n) is 6.12. The smallest absolute Gasteiger partial charge is 0.268 e. The minimum Gasteiger partial charge on any atom is -0.364 e. The largest absolute Gasteiger partial charge is 0.364 e. The van der Waals surface area contributed by atoms with Gasteiger partial charge in [0.2, 0.25) is 0 Å². The minimum absolute atomic E-state index is 0.000565. The number of carbonyl (C=O) groups is 2. The molecule has 1 aromatic carbocycles. The first-order valence-corrected chi connectivity index (χ1v) is 8.45. The Balaban J connectivity index is 1.89. The SMILES string of the molecule is CC(NC(=O)c1cc2ccc(Cl)cc2n1C)c1cnc(C(N)=O)cc1C#N. The van der Waals surface area contributed by atoms with E-state index in [1.807, 2.05) is 12.1 Å². The molecule has 3 aromatic rings. The molecule has 0 bridgehead atoms. The lowest BCUT2D eigenvalue weighted by Gasteiger charge is -2.16. The summed E-state index contributed by atoms with van der Waals surface area (Å²) in [4.78, 5) is 27.9. The molecule has 0 saturated carbocycles. The standard InChI is InChI=1S/C19H16ClN5O2/c1-10(14-9-23-15(18(22)26)5-12(14)8-21)24-19(27)17-6-11-3-4-13(20)7-16(11)25(17)2/h3-7,9-10H,1-2H3,(H2,22,26)(H,24,27). The van der Waals surface area contributed by atoms with Crippen molar-refractivity contribution in [1.29, 1.82) is 5.26 Å². The predicted molar refractivity (Wildman–Crippen MR) is 101 cm³/mol. The average molecular weight is 382 g/mol. The van der Waals surface area contributed by atoms with Crippen molar-refractivity contribution in [1.82, 2.24) is 14.9 Å². The number of nitriles is 1. The van der Waals surface area contributed by atoms with Gasteiger partial charge < -0.3 is 15.6 Å². The summed E-state index contributed by atoms with van der Waals surface area (Å²) in [5.41, 5.74) is 7.22. The number of rotatable bonds is 4. The number of aromatic nitrogens is 2. The number of aryl methyl sites for hydroxylation is 1. The first kappa shape index (κ1) is 18.4. The highest BCUT2D eigenvalue weighted by Crippen LogP contribution is 2.24. The zero-order chi connectivity index (χ0) is 19.7. The number of hydrogen-bond acceptors (Lipinski definition) is 4. The van der Waals surface area contributed by atoms with Gasteiger partial charge in [0.05, 0.1) is 17.7 Å². The molecule has 0 spiro atoms. The van der Waals surface area contributed by atoms with E-state index in [1.165, 1.54) is 12.3 Å². The summed E-state index contributed by atoms with van der Waals surface area (Å²) in [6, 6.07) is 10.00. The number of fused-ring (bicyclic) bond motifs is 1. The number of carbonyl (C=O) groups excluding carboxylic acids is 2. The Morgan fingerprint density at radius 3 is 2.74 bits per heavy atom. The quantitative estimate of drug-likeness (QED) is 0.723. The highest BCUT2D eigenvalue weighted by atomic mass is 35.5. The van der Waals surface area contributed by atoms with E-state index in [0.29, 0.717) is 16.3 Å². The van der Waals surface area contributed by atoms with E-state index in [4.69, 9.17) is 17.3 Å². The van der Waals surface area contributed by atoms with Gasteiger partial charge in [-0.2, -0.15) is 5.26 Å². The van der Waals surface area contributed by atoms with Gasteiger partial charge in [-0.15, -0.1) is 0 Å². The van der Waals surface area contributed by atoms with Gasteiger partial charge in [-0.25, -0.2) is 0 Å². The molecule has 27 heavy (non-hydrogen) atoms. The van der Waals surface area contributed by atoms with Crippen molar-refractivity contribution < 1.29 is 9.59 Å². The van der Waals surface area contributed by atoms with E-state index in [2.05, 4.69) is 10.3 Å². The van der Waals surface area contributed by atoms with Crippen LogP contribution in [0.2, 0.25) is 5.02 Å². The summed E-state index contributed by atoms with van der Waals surface area (Å²) < 4.78 is 1.75. The molecule has 3 rings (SSSR count). The Hall–Kier alpha value is -3.37. The molecule has 1 unspecified atom stereocenters. The maximum absolute atomic E-state index is 12.7. The number of amides is 2. The fraction of sp³-hybridized carbons (Fsp3) is 0.158. The van der Waals surface area contributed by atoms with Crippen LogP contribution in [0.25, 0.3) is 10.9 Å². The summed E-state index contributed by atoms with van der Waals surface area (Å²) in [5.74, 6) is -1.02. The fourth-order valence-corrected chi connectivity index (χ4v) is 3.08. The number of primary amides is 1. The molecule has 2 aromatic heterocycles. The molecule has 0 aliphatic rings. The second-order valence-corrected chi connectivity index (χ2v) is 6.56. The van der Waals surface area contributed by atoms with Gasteiger partial charge in [0.15, 0.2) is 0 Å². The first-order valence-electron chi connectivity index (χ1n) is 8.07. The molecule has 0 fully saturated rings. The molecule has 0 aliphatic heterocycles. The zero-order valence-electron chi connectivity index (χ0n) is 14.7. The van der Waals surface area contributed by atoms with Crippen LogP contribution in [0.3, 0.4) is 0 Å². The van der Waals surface area contributed by atoms with Crippen LogP contribution in [0.15, 0.2) is 36.5 Å². The molecule has 0 radical (unpaired) electrons. The molecular weight excluding hydrogens is 366 g/mol. The topological polar surface area (TPSA) is 114 Å². The highest BCUT2D eigenvalue weighted by Gasteiger charge is 2.19. The molecule has 2 heterocycles. The fourth-order valence-electron chi connectivity index (χ4n) is 2.91. The number of halogens is 1. The number of nitrogens with two attached hydrogens (primary N) is 1. The molecule has 0 aliphatic carbocycles. The molecule has 3 N–H and O–H groups in total. The van der Waals surface area contributed by atoms with Crippen molar-refractivity contribution in [2.75, 3.05) is 0 Å². The van der Waals surface area contributed by atoms with Gasteiger partial charge in [-0.3, -0.25) is 14.6 Å². The Bertz CT molecular complexity index is 1110. The molecule has 0 saturated heterocycles. The average Bonchev–Trinajstić information content (AvgIpc) is 2.97. The summed E-state index contributed by atoms with van der Waals surface area (Å²) in [5, 5.41) is 13.7. The Morgan fingerprint density at radius 1 is 1.33 bits per heavy atom. The molecule has 1 atom stereocenters. The van der Waals surface area contributed by atoms with Gasteiger partial charge in [-0.1, -0.05) is 17.7 Å². The van der Waals surface area contributed by atoms with E-state index >= 15 is 0 Å². The van der Waals surface area contributed by atoms with E-state index in [-0.39, 0.29) is 17.2 Å². The van der Waals surface area contributed by atoms with Crippen molar-refractivity contribution in [2.24, 2.45) is 12.8 Å². The van der Waals surface area contributed by atoms with Crippen LogP contribution in [0, 0.1) is 11.3 Å². The lowest BCUT2D eigenvalue weighted by molar-refractivity contribution is 0.0930.